The lowest BCUT2D eigenvalue weighted by Crippen LogP contribution is -1.96. The Morgan fingerprint density at radius 3 is 2.63 bits per heavy atom. The van der Waals surface area contributed by atoms with Gasteiger partial charge in [-0.25, -0.2) is 0 Å². The summed E-state index contributed by atoms with van der Waals surface area (Å²) in [4.78, 5) is 0.311. The molecule has 0 heterocycles. The fourth-order valence-electron chi connectivity index (χ4n) is 1.99. The minimum absolute atomic E-state index is 0.311. The maximum Gasteiger partial charge on any atom is 0.119 e. The second kappa shape index (κ2) is 6.58. The van der Waals surface area contributed by atoms with Crippen molar-refractivity contribution < 1.29 is 4.74 Å². The van der Waals surface area contributed by atoms with Crippen molar-refractivity contribution in [3.05, 3.63) is 63.6 Å². The van der Waals surface area contributed by atoms with Crippen molar-refractivity contribution in [3.8, 4) is 5.75 Å². The van der Waals surface area contributed by atoms with Crippen LogP contribution in [0.3, 0.4) is 0 Å². The average Bonchev–Trinajstić information content (AvgIpc) is 2.42. The van der Waals surface area contributed by atoms with E-state index in [0.717, 1.165) is 16.6 Å². The van der Waals surface area contributed by atoms with Crippen molar-refractivity contribution in [3.63, 3.8) is 0 Å². The highest BCUT2D eigenvalue weighted by atomic mass is 79.9. The Hall–Kier alpha value is -0.800. The zero-order chi connectivity index (χ0) is 13.8. The van der Waals surface area contributed by atoms with Crippen molar-refractivity contribution in [1.82, 2.24) is 0 Å². The van der Waals surface area contributed by atoms with Crippen molar-refractivity contribution in [1.29, 1.82) is 0 Å². The van der Waals surface area contributed by atoms with E-state index in [2.05, 4.69) is 69.1 Å². The van der Waals surface area contributed by atoms with E-state index in [1.54, 1.807) is 7.11 Å². The molecule has 0 N–H and O–H groups in total. The molecule has 0 saturated heterocycles. The summed E-state index contributed by atoms with van der Waals surface area (Å²) in [5.74, 6) is 0.907. The third-order valence-corrected chi connectivity index (χ3v) is 4.83. The summed E-state index contributed by atoms with van der Waals surface area (Å²) in [6, 6.07) is 14.7. The summed E-state index contributed by atoms with van der Waals surface area (Å²) in [5, 5.41) is 0. The Morgan fingerprint density at radius 1 is 1.16 bits per heavy atom. The van der Waals surface area contributed by atoms with Gasteiger partial charge in [-0.1, -0.05) is 56.1 Å². The maximum absolute atomic E-state index is 5.26. The Morgan fingerprint density at radius 2 is 1.95 bits per heavy atom. The first-order valence-corrected chi connectivity index (χ1v) is 7.84. The fraction of sp³-hybridized carbons (Fsp3) is 0.250. The van der Waals surface area contributed by atoms with Crippen LogP contribution in [0.15, 0.2) is 46.9 Å². The number of hydrogen-bond donors (Lipinski definition) is 0. The molecule has 0 radical (unpaired) electrons. The minimum atomic E-state index is 0.311. The fourth-order valence-corrected chi connectivity index (χ4v) is 2.89. The number of halogens is 2. The topological polar surface area (TPSA) is 9.23 Å². The van der Waals surface area contributed by atoms with E-state index in [1.165, 1.54) is 16.7 Å². The van der Waals surface area contributed by atoms with E-state index in [9.17, 15) is 0 Å². The molecule has 1 atom stereocenters. The zero-order valence-corrected chi connectivity index (χ0v) is 14.2. The molecule has 0 saturated carbocycles. The number of methoxy groups -OCH3 is 1. The van der Waals surface area contributed by atoms with Gasteiger partial charge >= 0.3 is 0 Å². The predicted octanol–water partition coefficient (Wildman–Crippen LogP) is 5.44. The van der Waals surface area contributed by atoms with Gasteiger partial charge in [0.2, 0.25) is 0 Å². The Kier molecular flexibility index (Phi) is 5.06. The molecule has 0 aromatic heterocycles. The molecule has 0 spiro atoms. The van der Waals surface area contributed by atoms with Crippen molar-refractivity contribution >= 4 is 31.9 Å². The summed E-state index contributed by atoms with van der Waals surface area (Å²) >= 11 is 7.30. The number of aryl methyl sites for hydroxylation is 1. The second-order valence-corrected chi connectivity index (χ2v) is 6.49. The maximum atomic E-state index is 5.26. The number of ether oxygens (including phenoxy) is 1. The van der Waals surface area contributed by atoms with Gasteiger partial charge in [-0.15, -0.1) is 0 Å². The Labute approximate surface area is 131 Å². The smallest absolute Gasteiger partial charge is 0.119 e. The Balaban J connectivity index is 2.15. The molecule has 2 aromatic carbocycles. The van der Waals surface area contributed by atoms with Crippen LogP contribution in [0.2, 0.25) is 0 Å². The van der Waals surface area contributed by atoms with Crippen LogP contribution in [0.5, 0.6) is 5.75 Å². The van der Waals surface area contributed by atoms with E-state index in [4.69, 9.17) is 4.74 Å². The lowest BCUT2D eigenvalue weighted by molar-refractivity contribution is 0.414. The number of rotatable bonds is 4. The molecular formula is C16H16Br2O. The van der Waals surface area contributed by atoms with Gasteiger partial charge in [0.15, 0.2) is 0 Å². The lowest BCUT2D eigenvalue weighted by atomic mass is 10.0. The van der Waals surface area contributed by atoms with E-state index in [-0.39, 0.29) is 0 Å². The van der Waals surface area contributed by atoms with E-state index in [0.29, 0.717) is 4.83 Å². The van der Waals surface area contributed by atoms with E-state index in [1.807, 2.05) is 12.1 Å². The summed E-state index contributed by atoms with van der Waals surface area (Å²) in [6.07, 6.45) is 0.943. The van der Waals surface area contributed by atoms with Gasteiger partial charge in [0.1, 0.15) is 5.75 Å². The summed E-state index contributed by atoms with van der Waals surface area (Å²) in [6.45, 7) is 2.11. The van der Waals surface area contributed by atoms with Crippen LogP contribution in [-0.4, -0.2) is 7.11 Å². The molecule has 1 nitrogen and oxygen atoms in total. The monoisotopic (exact) mass is 382 g/mol. The van der Waals surface area contributed by atoms with Crippen LogP contribution in [0.25, 0.3) is 0 Å². The highest BCUT2D eigenvalue weighted by Gasteiger charge is 2.10. The SMILES string of the molecule is COc1cccc(CC(Br)c2ccc(Br)c(C)c2)c1. The van der Waals surface area contributed by atoms with Crippen LogP contribution >= 0.6 is 31.9 Å². The molecule has 0 bridgehead atoms. The average molecular weight is 384 g/mol. The van der Waals surface area contributed by atoms with E-state index >= 15 is 0 Å². The van der Waals surface area contributed by atoms with Gasteiger partial charge in [0.25, 0.3) is 0 Å². The van der Waals surface area contributed by atoms with Gasteiger partial charge in [0, 0.05) is 9.30 Å². The number of benzene rings is 2. The van der Waals surface area contributed by atoms with Gasteiger partial charge in [-0.05, 0) is 48.2 Å². The quantitative estimate of drug-likeness (QED) is 0.638. The third-order valence-electron chi connectivity index (χ3n) is 3.09. The largest absolute Gasteiger partial charge is 0.497 e. The summed E-state index contributed by atoms with van der Waals surface area (Å²) in [7, 11) is 1.70. The van der Waals surface area contributed by atoms with Crippen molar-refractivity contribution in [2.75, 3.05) is 7.11 Å². The molecule has 2 aromatic rings. The number of hydrogen-bond acceptors (Lipinski definition) is 1. The van der Waals surface area contributed by atoms with E-state index < -0.39 is 0 Å². The summed E-state index contributed by atoms with van der Waals surface area (Å²) < 4.78 is 6.41. The minimum Gasteiger partial charge on any atom is -0.497 e. The highest BCUT2D eigenvalue weighted by molar-refractivity contribution is 9.10. The number of alkyl halides is 1. The van der Waals surface area contributed by atoms with Gasteiger partial charge in [0.05, 0.1) is 7.11 Å². The first-order chi connectivity index (χ1) is 9.10. The van der Waals surface area contributed by atoms with Gasteiger partial charge < -0.3 is 4.74 Å². The highest BCUT2D eigenvalue weighted by Crippen LogP contribution is 2.30. The molecule has 1 unspecified atom stereocenters. The molecule has 0 fully saturated rings. The second-order valence-electron chi connectivity index (χ2n) is 4.53. The predicted molar refractivity (Wildman–Crippen MR) is 87.2 cm³/mol. The molecule has 0 aliphatic heterocycles. The molecule has 3 heteroatoms. The van der Waals surface area contributed by atoms with Crippen LogP contribution in [0.1, 0.15) is 21.5 Å². The first-order valence-electron chi connectivity index (χ1n) is 6.13. The molecule has 0 aliphatic rings. The molecule has 2 rings (SSSR count). The normalized spacial score (nSPS) is 12.2. The first kappa shape index (κ1) is 14.6. The van der Waals surface area contributed by atoms with Crippen LogP contribution < -0.4 is 4.74 Å². The molecule has 19 heavy (non-hydrogen) atoms. The van der Waals surface area contributed by atoms with Crippen molar-refractivity contribution in [2.24, 2.45) is 0 Å². The van der Waals surface area contributed by atoms with Crippen LogP contribution in [0, 0.1) is 6.92 Å². The summed E-state index contributed by atoms with van der Waals surface area (Å²) in [5.41, 5.74) is 3.82. The lowest BCUT2D eigenvalue weighted by Gasteiger charge is -2.12. The van der Waals surface area contributed by atoms with Gasteiger partial charge in [-0.2, -0.15) is 0 Å². The molecular weight excluding hydrogens is 368 g/mol. The van der Waals surface area contributed by atoms with Crippen LogP contribution in [-0.2, 0) is 6.42 Å². The third kappa shape index (κ3) is 3.83. The molecule has 100 valence electrons. The Bertz CT molecular complexity index is 566. The molecule has 0 aliphatic carbocycles. The zero-order valence-electron chi connectivity index (χ0n) is 11.0. The van der Waals surface area contributed by atoms with Crippen LogP contribution in [0.4, 0.5) is 0 Å². The van der Waals surface area contributed by atoms with Gasteiger partial charge in [-0.3, -0.25) is 0 Å². The standard InChI is InChI=1S/C16H16Br2O/c1-11-8-13(6-7-15(11)17)16(18)10-12-4-3-5-14(9-12)19-2/h3-9,16H,10H2,1-2H3. The molecule has 0 amide bonds. The van der Waals surface area contributed by atoms with Crippen molar-refractivity contribution in [2.45, 2.75) is 18.2 Å².